The summed E-state index contributed by atoms with van der Waals surface area (Å²) < 4.78 is 6.78. The third-order valence-corrected chi connectivity index (χ3v) is 5.53. The molecular weight excluding hydrogens is 430 g/mol. The molecule has 2 heterocycles. The second-order valence-electron chi connectivity index (χ2n) is 7.32. The highest BCUT2D eigenvalue weighted by Gasteiger charge is 2.22. The van der Waals surface area contributed by atoms with Crippen LogP contribution in [0.25, 0.3) is 11.0 Å². The van der Waals surface area contributed by atoms with Gasteiger partial charge in [0.2, 0.25) is 5.91 Å². The Bertz CT molecular complexity index is 1190. The van der Waals surface area contributed by atoms with Gasteiger partial charge in [0.05, 0.1) is 17.5 Å². The van der Waals surface area contributed by atoms with Gasteiger partial charge in [0.1, 0.15) is 23.4 Å². The number of carbonyl (C=O) groups excluding carboxylic acids is 1. The Hall–Kier alpha value is -2.86. The van der Waals surface area contributed by atoms with Crippen molar-refractivity contribution in [3.8, 4) is 0 Å². The number of benzene rings is 2. The van der Waals surface area contributed by atoms with E-state index in [-0.39, 0.29) is 18.4 Å². The van der Waals surface area contributed by atoms with E-state index in [0.717, 1.165) is 43.8 Å². The number of nitrogens with zero attached hydrogens (tertiary/aromatic N) is 1. The number of hydrogen-bond donors (Lipinski definition) is 2. The molecule has 0 radical (unpaired) electrons. The summed E-state index contributed by atoms with van der Waals surface area (Å²) in [6.45, 7) is 5.85. The number of halogens is 1. The smallest absolute Gasteiger partial charge is 0.225 e. The maximum Gasteiger partial charge on any atom is 0.225 e. The van der Waals surface area contributed by atoms with Crippen LogP contribution in [0.4, 0.5) is 0 Å². The van der Waals surface area contributed by atoms with Gasteiger partial charge in [-0.3, -0.25) is 4.79 Å². The van der Waals surface area contributed by atoms with E-state index in [4.69, 9.17) is 4.42 Å². The van der Waals surface area contributed by atoms with Gasteiger partial charge in [-0.2, -0.15) is 0 Å². The van der Waals surface area contributed by atoms with Crippen LogP contribution >= 0.6 is 15.9 Å². The average Bonchev–Trinajstić information content (AvgIpc) is 3.24. The van der Waals surface area contributed by atoms with E-state index < -0.39 is 0 Å². The van der Waals surface area contributed by atoms with Crippen LogP contribution in [0.5, 0.6) is 0 Å². The summed E-state index contributed by atoms with van der Waals surface area (Å²) in [5.74, 6) is 2.30. The predicted molar refractivity (Wildman–Crippen MR) is 117 cm³/mol. The highest BCUT2D eigenvalue weighted by Crippen LogP contribution is 2.30. The zero-order valence-electron chi connectivity index (χ0n) is 16.5. The number of rotatable bonds is 5. The fourth-order valence-corrected chi connectivity index (χ4v) is 4.19. The van der Waals surface area contributed by atoms with E-state index in [0.29, 0.717) is 5.76 Å². The van der Waals surface area contributed by atoms with Gasteiger partial charge in [0, 0.05) is 4.47 Å². The average molecular weight is 452 g/mol. The SMILES string of the molecule is Cc1ccc(C(NC(=O)Cc2ccc3nc(C)[nH]c3c2)c2ccc(C)o2)c(Br)c1. The minimum Gasteiger partial charge on any atom is -0.464 e. The Morgan fingerprint density at radius 1 is 1.14 bits per heavy atom. The molecule has 1 atom stereocenters. The molecule has 4 rings (SSSR count). The van der Waals surface area contributed by atoms with Crippen molar-refractivity contribution in [3.05, 3.63) is 87.0 Å². The van der Waals surface area contributed by atoms with Crippen molar-refractivity contribution >= 4 is 32.9 Å². The van der Waals surface area contributed by atoms with Gasteiger partial charge >= 0.3 is 0 Å². The second-order valence-corrected chi connectivity index (χ2v) is 8.18. The van der Waals surface area contributed by atoms with Crippen molar-refractivity contribution in [1.29, 1.82) is 0 Å². The number of amides is 1. The molecule has 2 aromatic carbocycles. The molecule has 2 N–H and O–H groups in total. The third kappa shape index (κ3) is 4.27. The summed E-state index contributed by atoms with van der Waals surface area (Å²) in [7, 11) is 0. The highest BCUT2D eigenvalue weighted by molar-refractivity contribution is 9.10. The molecule has 0 fully saturated rings. The van der Waals surface area contributed by atoms with Crippen LogP contribution in [0.15, 0.2) is 57.4 Å². The molecule has 0 saturated heterocycles. The van der Waals surface area contributed by atoms with Gasteiger partial charge in [0.15, 0.2) is 0 Å². The van der Waals surface area contributed by atoms with Gasteiger partial charge in [-0.05, 0) is 67.8 Å². The summed E-state index contributed by atoms with van der Waals surface area (Å²) in [6.07, 6.45) is 0.272. The molecule has 1 unspecified atom stereocenters. The standard InChI is InChI=1S/C23H22BrN3O2/c1-13-4-7-17(18(24)10-13)23(21-9-5-14(2)29-21)27-22(28)12-16-6-8-19-20(11-16)26-15(3)25-19/h4-11,23H,12H2,1-3H3,(H,25,26)(H,27,28). The molecule has 4 aromatic rings. The van der Waals surface area contributed by atoms with Crippen LogP contribution in [0, 0.1) is 20.8 Å². The molecule has 2 aromatic heterocycles. The number of imidazole rings is 1. The minimum atomic E-state index is -0.371. The summed E-state index contributed by atoms with van der Waals surface area (Å²) in [6, 6.07) is 15.4. The van der Waals surface area contributed by atoms with Crippen LogP contribution in [0.1, 0.15) is 40.1 Å². The van der Waals surface area contributed by atoms with E-state index in [2.05, 4.69) is 31.2 Å². The quantitative estimate of drug-likeness (QED) is 0.432. The van der Waals surface area contributed by atoms with E-state index in [1.807, 2.05) is 69.3 Å². The zero-order chi connectivity index (χ0) is 20.5. The molecule has 5 nitrogen and oxygen atoms in total. The van der Waals surface area contributed by atoms with Crippen LogP contribution < -0.4 is 5.32 Å². The number of aromatic nitrogens is 2. The van der Waals surface area contributed by atoms with E-state index >= 15 is 0 Å². The van der Waals surface area contributed by atoms with Gasteiger partial charge in [-0.25, -0.2) is 4.98 Å². The van der Waals surface area contributed by atoms with Crippen molar-refractivity contribution < 1.29 is 9.21 Å². The van der Waals surface area contributed by atoms with Crippen LogP contribution in [0.3, 0.4) is 0 Å². The maximum absolute atomic E-state index is 12.9. The number of fused-ring (bicyclic) bond motifs is 1. The van der Waals surface area contributed by atoms with E-state index in [1.165, 1.54) is 0 Å². The molecule has 0 bridgehead atoms. The summed E-state index contributed by atoms with van der Waals surface area (Å²) >= 11 is 3.63. The second kappa shape index (κ2) is 7.87. The first-order valence-corrected chi connectivity index (χ1v) is 10.3. The van der Waals surface area contributed by atoms with E-state index in [9.17, 15) is 4.79 Å². The largest absolute Gasteiger partial charge is 0.464 e. The molecule has 1 amide bonds. The normalized spacial score (nSPS) is 12.3. The zero-order valence-corrected chi connectivity index (χ0v) is 18.1. The first-order chi connectivity index (χ1) is 13.9. The monoisotopic (exact) mass is 451 g/mol. The fourth-order valence-electron chi connectivity index (χ4n) is 3.47. The maximum atomic E-state index is 12.9. The summed E-state index contributed by atoms with van der Waals surface area (Å²) in [5, 5.41) is 3.14. The van der Waals surface area contributed by atoms with Gasteiger partial charge in [0.25, 0.3) is 0 Å². The minimum absolute atomic E-state index is 0.0767. The number of carbonyl (C=O) groups is 1. The van der Waals surface area contributed by atoms with Gasteiger partial charge < -0.3 is 14.7 Å². The Morgan fingerprint density at radius 2 is 1.97 bits per heavy atom. The Kier molecular flexibility index (Phi) is 5.28. The van der Waals surface area contributed by atoms with E-state index in [1.54, 1.807) is 0 Å². The first kappa shape index (κ1) is 19.5. The van der Waals surface area contributed by atoms with Crippen LogP contribution in [0.2, 0.25) is 0 Å². The van der Waals surface area contributed by atoms with Crippen LogP contribution in [-0.4, -0.2) is 15.9 Å². The Labute approximate surface area is 177 Å². The number of aryl methyl sites for hydroxylation is 3. The number of nitrogens with one attached hydrogen (secondary N) is 2. The number of furan rings is 1. The lowest BCUT2D eigenvalue weighted by molar-refractivity contribution is -0.121. The molecule has 0 saturated carbocycles. The molecular formula is C23H22BrN3O2. The Balaban J connectivity index is 1.60. The number of hydrogen-bond acceptors (Lipinski definition) is 3. The fraction of sp³-hybridized carbons (Fsp3) is 0.217. The number of aromatic amines is 1. The summed E-state index contributed by atoms with van der Waals surface area (Å²) in [5.41, 5.74) is 4.87. The molecule has 0 aliphatic rings. The predicted octanol–water partition coefficient (Wildman–Crippen LogP) is 5.29. The van der Waals surface area contributed by atoms with Crippen molar-refractivity contribution in [1.82, 2.24) is 15.3 Å². The van der Waals surface area contributed by atoms with Gasteiger partial charge in [-0.15, -0.1) is 0 Å². The third-order valence-electron chi connectivity index (χ3n) is 4.85. The first-order valence-electron chi connectivity index (χ1n) is 9.46. The highest BCUT2D eigenvalue weighted by atomic mass is 79.9. The van der Waals surface area contributed by atoms with Gasteiger partial charge in [-0.1, -0.05) is 34.1 Å². The molecule has 148 valence electrons. The lowest BCUT2D eigenvalue weighted by Gasteiger charge is -2.19. The lowest BCUT2D eigenvalue weighted by Crippen LogP contribution is -2.30. The molecule has 6 heteroatoms. The van der Waals surface area contributed by atoms with Crippen molar-refractivity contribution in [3.63, 3.8) is 0 Å². The summed E-state index contributed by atoms with van der Waals surface area (Å²) in [4.78, 5) is 20.5. The van der Waals surface area contributed by atoms with Crippen molar-refractivity contribution in [2.45, 2.75) is 33.2 Å². The molecule has 0 spiro atoms. The number of H-pyrrole nitrogens is 1. The molecule has 0 aliphatic heterocycles. The lowest BCUT2D eigenvalue weighted by atomic mass is 10.0. The topological polar surface area (TPSA) is 70.9 Å². The van der Waals surface area contributed by atoms with Crippen molar-refractivity contribution in [2.24, 2.45) is 0 Å². The molecule has 29 heavy (non-hydrogen) atoms. The van der Waals surface area contributed by atoms with Crippen LogP contribution in [-0.2, 0) is 11.2 Å². The van der Waals surface area contributed by atoms with Crippen molar-refractivity contribution in [2.75, 3.05) is 0 Å². The molecule has 0 aliphatic carbocycles. The Morgan fingerprint density at radius 3 is 2.69 bits per heavy atom.